The summed E-state index contributed by atoms with van der Waals surface area (Å²) in [5, 5.41) is 1.92. The number of rotatable bonds is 11. The molecule has 2 heterocycles. The molecule has 7 heteroatoms. The fourth-order valence-electron chi connectivity index (χ4n) is 5.99. The Kier molecular flexibility index (Phi) is 9.16. The van der Waals surface area contributed by atoms with Crippen molar-refractivity contribution in [3.63, 3.8) is 0 Å². The standard InChI is InChI=1S/C38H36O6S/c1-39-37-34(42-25-29-17-9-4-10-18-29)33(41-24-28-15-7-3-8-16-28)36-38(44-37,26-40-23-27-13-5-2-6-14-27)43-32-22-21-30-19-11-12-20-31(30)35(32)45-36/h2-22,33-34,36-37H,23-26H2,1H3/t33-,34-,36+,37-,38-/m1/s1. The second kappa shape index (κ2) is 13.7. The topological polar surface area (TPSA) is 55.4 Å². The maximum atomic E-state index is 6.91. The third-order valence-electron chi connectivity index (χ3n) is 8.23. The summed E-state index contributed by atoms with van der Waals surface area (Å²) in [5.74, 6) is -0.456. The van der Waals surface area contributed by atoms with Gasteiger partial charge in [-0.1, -0.05) is 121 Å². The molecule has 0 aromatic heterocycles. The van der Waals surface area contributed by atoms with Crippen molar-refractivity contribution >= 4 is 22.5 Å². The van der Waals surface area contributed by atoms with E-state index in [-0.39, 0.29) is 11.9 Å². The van der Waals surface area contributed by atoms with Gasteiger partial charge in [-0.25, -0.2) is 0 Å². The minimum absolute atomic E-state index is 0.169. The lowest BCUT2D eigenvalue weighted by molar-refractivity contribution is -0.362. The number of ether oxygens (including phenoxy) is 6. The van der Waals surface area contributed by atoms with E-state index in [9.17, 15) is 0 Å². The van der Waals surface area contributed by atoms with Crippen LogP contribution < -0.4 is 4.74 Å². The molecule has 6 nitrogen and oxygen atoms in total. The number of thioether (sulfide) groups is 1. The van der Waals surface area contributed by atoms with E-state index >= 15 is 0 Å². The molecule has 5 atom stereocenters. The van der Waals surface area contributed by atoms with Gasteiger partial charge in [0.1, 0.15) is 29.8 Å². The molecule has 0 unspecified atom stereocenters. The zero-order valence-corrected chi connectivity index (χ0v) is 25.9. The van der Waals surface area contributed by atoms with Gasteiger partial charge in [0.15, 0.2) is 6.29 Å². The average molecular weight is 621 g/mol. The van der Waals surface area contributed by atoms with Crippen molar-refractivity contribution < 1.29 is 28.4 Å². The molecule has 5 aromatic carbocycles. The van der Waals surface area contributed by atoms with Crippen molar-refractivity contribution in [3.05, 3.63) is 144 Å². The van der Waals surface area contributed by atoms with Crippen LogP contribution in [0.3, 0.4) is 0 Å². The van der Waals surface area contributed by atoms with Crippen LogP contribution in [0.25, 0.3) is 10.8 Å². The average Bonchev–Trinajstić information content (AvgIpc) is 3.10. The number of benzene rings is 5. The predicted octanol–water partition coefficient (Wildman–Crippen LogP) is 7.78. The van der Waals surface area contributed by atoms with Crippen molar-refractivity contribution in [2.45, 2.75) is 54.3 Å². The van der Waals surface area contributed by atoms with Gasteiger partial charge in [-0.05, 0) is 33.5 Å². The van der Waals surface area contributed by atoms with Crippen molar-refractivity contribution in [1.29, 1.82) is 0 Å². The highest BCUT2D eigenvalue weighted by Crippen LogP contribution is 2.53. The van der Waals surface area contributed by atoms with E-state index < -0.39 is 24.3 Å². The summed E-state index contributed by atoms with van der Waals surface area (Å²) in [6.07, 6.45) is -1.78. The summed E-state index contributed by atoms with van der Waals surface area (Å²) in [4.78, 5) is 1.05. The molecule has 0 N–H and O–H groups in total. The van der Waals surface area contributed by atoms with Gasteiger partial charge in [0.2, 0.25) is 0 Å². The summed E-state index contributed by atoms with van der Waals surface area (Å²) < 4.78 is 39.6. The smallest absolute Gasteiger partial charge is 0.251 e. The molecule has 0 aliphatic carbocycles. The maximum Gasteiger partial charge on any atom is 0.251 e. The zero-order chi connectivity index (χ0) is 30.5. The second-order valence-electron chi connectivity index (χ2n) is 11.3. The molecule has 1 fully saturated rings. The Hall–Kier alpha value is -3.69. The lowest BCUT2D eigenvalue weighted by atomic mass is 9.97. The summed E-state index contributed by atoms with van der Waals surface area (Å²) in [6.45, 7) is 1.36. The summed E-state index contributed by atoms with van der Waals surface area (Å²) in [5.41, 5.74) is 3.19. The first-order chi connectivity index (χ1) is 22.2. The zero-order valence-electron chi connectivity index (χ0n) is 25.1. The van der Waals surface area contributed by atoms with Crippen LogP contribution in [0, 0.1) is 0 Å². The maximum absolute atomic E-state index is 6.91. The van der Waals surface area contributed by atoms with E-state index in [1.54, 1.807) is 18.9 Å². The highest BCUT2D eigenvalue weighted by atomic mass is 32.2. The first-order valence-electron chi connectivity index (χ1n) is 15.2. The van der Waals surface area contributed by atoms with Crippen LogP contribution >= 0.6 is 11.8 Å². The summed E-state index contributed by atoms with van der Waals surface area (Å²) >= 11 is 1.71. The summed E-state index contributed by atoms with van der Waals surface area (Å²) in [7, 11) is 1.63. The van der Waals surface area contributed by atoms with Crippen LogP contribution in [0.4, 0.5) is 0 Å². The number of fused-ring (bicyclic) bond motifs is 4. The molecular formula is C38H36O6S. The monoisotopic (exact) mass is 620 g/mol. The van der Waals surface area contributed by atoms with Crippen molar-refractivity contribution in [1.82, 2.24) is 0 Å². The van der Waals surface area contributed by atoms with Crippen LogP contribution in [0.2, 0.25) is 0 Å². The van der Waals surface area contributed by atoms with Crippen molar-refractivity contribution in [2.75, 3.05) is 13.7 Å². The highest BCUT2D eigenvalue weighted by molar-refractivity contribution is 8.00. The number of hydrogen-bond acceptors (Lipinski definition) is 7. The minimum atomic E-state index is -1.20. The molecule has 45 heavy (non-hydrogen) atoms. The Balaban J connectivity index is 1.27. The normalized spacial score (nSPS) is 24.0. The molecule has 1 saturated heterocycles. The Morgan fingerprint density at radius 1 is 0.644 bits per heavy atom. The Morgan fingerprint density at radius 3 is 1.87 bits per heavy atom. The Labute approximate surface area is 268 Å². The van der Waals surface area contributed by atoms with Crippen molar-refractivity contribution in [2.24, 2.45) is 0 Å². The molecule has 2 aliphatic rings. The van der Waals surface area contributed by atoms with Crippen LogP contribution in [0.1, 0.15) is 16.7 Å². The number of methoxy groups -OCH3 is 1. The fraction of sp³-hybridized carbons (Fsp3) is 0.263. The second-order valence-corrected chi connectivity index (χ2v) is 12.4. The van der Waals surface area contributed by atoms with Crippen LogP contribution in [-0.2, 0) is 43.5 Å². The Bertz CT molecular complexity index is 1680. The van der Waals surface area contributed by atoms with Gasteiger partial charge in [-0.3, -0.25) is 0 Å². The van der Waals surface area contributed by atoms with Crippen molar-refractivity contribution in [3.8, 4) is 5.75 Å². The fourth-order valence-corrected chi connectivity index (χ4v) is 7.50. The Morgan fingerprint density at radius 2 is 1.22 bits per heavy atom. The minimum Gasteiger partial charge on any atom is -0.457 e. The third-order valence-corrected chi connectivity index (χ3v) is 9.77. The third kappa shape index (κ3) is 6.51. The van der Waals surface area contributed by atoms with Gasteiger partial charge in [-0.2, -0.15) is 0 Å². The lowest BCUT2D eigenvalue weighted by Gasteiger charge is -2.53. The largest absolute Gasteiger partial charge is 0.457 e. The molecular weight excluding hydrogens is 584 g/mol. The SMILES string of the molecule is CO[C@@H]1O[C@@]2(COCc3ccccc3)Oc3ccc4ccccc4c3S[C@H]2[C@H](OCc2ccccc2)[C@H]1OCc1ccccc1. The van der Waals surface area contributed by atoms with Crippen LogP contribution in [0.15, 0.2) is 132 Å². The van der Waals surface area contributed by atoms with Gasteiger partial charge in [0, 0.05) is 7.11 Å². The van der Waals surface area contributed by atoms with E-state index in [0.29, 0.717) is 19.8 Å². The molecule has 7 rings (SSSR count). The first kappa shape index (κ1) is 30.0. The van der Waals surface area contributed by atoms with Crippen LogP contribution in [0.5, 0.6) is 5.75 Å². The van der Waals surface area contributed by atoms with Gasteiger partial charge < -0.3 is 28.4 Å². The van der Waals surface area contributed by atoms with Crippen LogP contribution in [-0.4, -0.2) is 43.3 Å². The quantitative estimate of drug-likeness (QED) is 0.150. The van der Waals surface area contributed by atoms with Gasteiger partial charge >= 0.3 is 0 Å². The lowest BCUT2D eigenvalue weighted by Crippen LogP contribution is -2.69. The molecule has 0 bridgehead atoms. The first-order valence-corrected chi connectivity index (χ1v) is 16.1. The molecule has 2 aliphatic heterocycles. The summed E-state index contributed by atoms with van der Waals surface area (Å²) in [6, 6.07) is 42.9. The molecule has 230 valence electrons. The van der Waals surface area contributed by atoms with E-state index in [1.807, 2.05) is 84.9 Å². The molecule has 0 amide bonds. The van der Waals surface area contributed by atoms with Gasteiger partial charge in [0.05, 0.1) is 24.7 Å². The molecule has 0 spiro atoms. The highest BCUT2D eigenvalue weighted by Gasteiger charge is 2.61. The van der Waals surface area contributed by atoms with E-state index in [1.165, 1.54) is 0 Å². The van der Waals surface area contributed by atoms with Gasteiger partial charge in [0.25, 0.3) is 5.79 Å². The van der Waals surface area contributed by atoms with E-state index in [0.717, 1.165) is 38.1 Å². The molecule has 0 radical (unpaired) electrons. The predicted molar refractivity (Wildman–Crippen MR) is 175 cm³/mol. The van der Waals surface area contributed by atoms with E-state index in [4.69, 9.17) is 28.4 Å². The number of hydrogen-bond donors (Lipinski definition) is 0. The molecule has 5 aromatic rings. The van der Waals surface area contributed by atoms with Gasteiger partial charge in [-0.15, -0.1) is 11.8 Å². The molecule has 0 saturated carbocycles. The van der Waals surface area contributed by atoms with E-state index in [2.05, 4.69) is 42.5 Å².